The van der Waals surface area contributed by atoms with Crippen LogP contribution in [0.5, 0.6) is 0 Å². The molecule has 0 saturated carbocycles. The second-order valence-corrected chi connectivity index (χ2v) is 6.91. The van der Waals surface area contributed by atoms with Gasteiger partial charge < -0.3 is 4.57 Å². The van der Waals surface area contributed by atoms with Gasteiger partial charge in [0.05, 0.1) is 23.1 Å². The fourth-order valence-electron chi connectivity index (χ4n) is 3.14. The predicted octanol–water partition coefficient (Wildman–Crippen LogP) is 3.91. The van der Waals surface area contributed by atoms with Crippen LogP contribution < -0.4 is 0 Å². The molecule has 4 aromatic heterocycles. The van der Waals surface area contributed by atoms with E-state index < -0.39 is 0 Å². The Morgan fingerprint density at radius 1 is 1.20 bits per heavy atom. The summed E-state index contributed by atoms with van der Waals surface area (Å²) in [7, 11) is 1.89. The van der Waals surface area contributed by atoms with Gasteiger partial charge in [-0.05, 0) is 48.0 Å². The van der Waals surface area contributed by atoms with E-state index in [0.717, 1.165) is 38.2 Å². The molecule has 4 heterocycles. The number of nitrogens with zero attached hydrogens (tertiary/aromatic N) is 6. The van der Waals surface area contributed by atoms with Crippen molar-refractivity contribution in [2.45, 2.75) is 19.9 Å². The fraction of sp³-hybridized carbons (Fsp3) is 0.222. The molecule has 0 aliphatic rings. The zero-order chi connectivity index (χ0) is 17.6. The van der Waals surface area contributed by atoms with Crippen molar-refractivity contribution in [3.8, 4) is 11.3 Å². The van der Waals surface area contributed by atoms with Gasteiger partial charge in [-0.1, -0.05) is 11.3 Å². The van der Waals surface area contributed by atoms with Crippen molar-refractivity contribution in [2.75, 3.05) is 0 Å². The highest BCUT2D eigenvalue weighted by atomic mass is 79.9. The zero-order valence-electron chi connectivity index (χ0n) is 14.2. The van der Waals surface area contributed by atoms with E-state index in [4.69, 9.17) is 4.98 Å². The lowest BCUT2D eigenvalue weighted by atomic mass is 10.1. The molecule has 0 aliphatic heterocycles. The van der Waals surface area contributed by atoms with Crippen molar-refractivity contribution in [1.29, 1.82) is 0 Å². The predicted molar refractivity (Wildman–Crippen MR) is 100 cm³/mol. The monoisotopic (exact) mass is 396 g/mol. The first kappa shape index (κ1) is 16.0. The minimum atomic E-state index is 0.0912. The van der Waals surface area contributed by atoms with E-state index in [1.807, 2.05) is 44.6 Å². The van der Waals surface area contributed by atoms with Crippen molar-refractivity contribution in [2.24, 2.45) is 7.05 Å². The maximum atomic E-state index is 4.72. The highest BCUT2D eigenvalue weighted by Gasteiger charge is 2.17. The Morgan fingerprint density at radius 2 is 2.04 bits per heavy atom. The zero-order valence-corrected chi connectivity index (χ0v) is 15.8. The maximum Gasteiger partial charge on any atom is 0.141 e. The molecule has 0 radical (unpaired) electrons. The maximum absolute atomic E-state index is 4.72. The largest absolute Gasteiger partial charge is 0.323 e. The van der Waals surface area contributed by atoms with Crippen molar-refractivity contribution >= 4 is 27.0 Å². The van der Waals surface area contributed by atoms with E-state index in [1.54, 1.807) is 4.68 Å². The summed E-state index contributed by atoms with van der Waals surface area (Å²) in [4.78, 5) is 9.19. The van der Waals surface area contributed by atoms with Crippen LogP contribution in [-0.2, 0) is 7.05 Å². The molecule has 6 nitrogen and oxygen atoms in total. The number of rotatable bonds is 3. The van der Waals surface area contributed by atoms with Crippen LogP contribution in [-0.4, -0.2) is 29.5 Å². The second kappa shape index (κ2) is 6.07. The Hall–Kier alpha value is -2.54. The third-order valence-corrected chi connectivity index (χ3v) is 5.05. The van der Waals surface area contributed by atoms with Crippen LogP contribution in [0.3, 0.4) is 0 Å². The van der Waals surface area contributed by atoms with Crippen LogP contribution in [0.4, 0.5) is 0 Å². The van der Waals surface area contributed by atoms with Gasteiger partial charge in [0.2, 0.25) is 0 Å². The normalized spacial score (nSPS) is 12.6. The van der Waals surface area contributed by atoms with E-state index in [-0.39, 0.29) is 6.04 Å². The Balaban J connectivity index is 1.85. The lowest BCUT2D eigenvalue weighted by Crippen LogP contribution is -2.07. The first-order valence-electron chi connectivity index (χ1n) is 8.00. The van der Waals surface area contributed by atoms with Crippen molar-refractivity contribution < 1.29 is 0 Å². The molecule has 0 amide bonds. The summed E-state index contributed by atoms with van der Waals surface area (Å²) in [6, 6.07) is 8.18. The average molecular weight is 397 g/mol. The Labute approximate surface area is 153 Å². The third kappa shape index (κ3) is 2.64. The molecule has 25 heavy (non-hydrogen) atoms. The number of fused-ring (bicyclic) bond motifs is 1. The summed E-state index contributed by atoms with van der Waals surface area (Å²) in [5, 5.41) is 9.27. The molecule has 4 rings (SSSR count). The summed E-state index contributed by atoms with van der Waals surface area (Å²) >= 11 is 3.67. The molecular weight excluding hydrogens is 380 g/mol. The van der Waals surface area contributed by atoms with E-state index >= 15 is 0 Å². The lowest BCUT2D eigenvalue weighted by molar-refractivity contribution is 0.637. The number of halogens is 1. The third-order valence-electron chi connectivity index (χ3n) is 4.42. The van der Waals surface area contributed by atoms with Gasteiger partial charge in [-0.25, -0.2) is 9.67 Å². The van der Waals surface area contributed by atoms with Gasteiger partial charge in [0, 0.05) is 41.1 Å². The van der Waals surface area contributed by atoms with Gasteiger partial charge in [0.25, 0.3) is 0 Å². The number of aromatic nitrogens is 6. The van der Waals surface area contributed by atoms with Gasteiger partial charge in [-0.15, -0.1) is 5.10 Å². The Bertz CT molecular complexity index is 1030. The summed E-state index contributed by atoms with van der Waals surface area (Å²) in [5.74, 6) is 0. The highest BCUT2D eigenvalue weighted by molar-refractivity contribution is 9.10. The first-order valence-corrected chi connectivity index (χ1v) is 8.79. The molecule has 0 N–H and O–H groups in total. The molecule has 0 aromatic carbocycles. The minimum Gasteiger partial charge on any atom is -0.323 e. The number of pyridine rings is 2. The SMILES string of the molecule is Cc1nnn(C)c1-c1cnc2c(c1)c(Br)cn2C(C)c1ccccn1. The molecule has 1 unspecified atom stereocenters. The quantitative estimate of drug-likeness (QED) is 0.526. The van der Waals surface area contributed by atoms with E-state index in [1.165, 1.54) is 0 Å². The van der Waals surface area contributed by atoms with Crippen LogP contribution >= 0.6 is 15.9 Å². The lowest BCUT2D eigenvalue weighted by Gasteiger charge is -2.14. The molecule has 126 valence electrons. The average Bonchev–Trinajstić information content (AvgIpc) is 3.14. The highest BCUT2D eigenvalue weighted by Crippen LogP contribution is 2.32. The minimum absolute atomic E-state index is 0.0912. The standard InChI is InChI=1S/C18H17BrN6/c1-11-17(24(3)23-22-11)13-8-14-15(19)10-25(18(14)21-9-13)12(2)16-6-4-5-7-20-16/h4-10,12H,1-3H3. The van der Waals surface area contributed by atoms with Crippen molar-refractivity contribution in [1.82, 2.24) is 29.5 Å². The smallest absolute Gasteiger partial charge is 0.141 e. The molecule has 0 aliphatic carbocycles. The molecule has 0 spiro atoms. The van der Waals surface area contributed by atoms with Gasteiger partial charge in [0.1, 0.15) is 5.65 Å². The molecule has 7 heteroatoms. The van der Waals surface area contributed by atoms with Crippen LogP contribution in [0.2, 0.25) is 0 Å². The van der Waals surface area contributed by atoms with E-state index in [2.05, 4.69) is 55.0 Å². The topological polar surface area (TPSA) is 61.4 Å². The molecule has 0 bridgehead atoms. The van der Waals surface area contributed by atoms with Crippen molar-refractivity contribution in [3.05, 3.63) is 58.7 Å². The summed E-state index contributed by atoms with van der Waals surface area (Å²) in [6.07, 6.45) is 5.76. The van der Waals surface area contributed by atoms with Crippen molar-refractivity contribution in [3.63, 3.8) is 0 Å². The fourth-order valence-corrected chi connectivity index (χ4v) is 3.65. The number of hydrogen-bond donors (Lipinski definition) is 0. The van der Waals surface area contributed by atoms with Gasteiger partial charge in [-0.2, -0.15) is 0 Å². The Kier molecular flexibility index (Phi) is 3.88. The molecule has 0 fully saturated rings. The van der Waals surface area contributed by atoms with Gasteiger partial charge >= 0.3 is 0 Å². The first-order chi connectivity index (χ1) is 12.1. The van der Waals surface area contributed by atoms with Gasteiger partial charge in [-0.3, -0.25) is 4.98 Å². The van der Waals surface area contributed by atoms with E-state index in [9.17, 15) is 0 Å². The summed E-state index contributed by atoms with van der Waals surface area (Å²) < 4.78 is 4.92. The Morgan fingerprint density at radius 3 is 2.72 bits per heavy atom. The molecule has 4 aromatic rings. The van der Waals surface area contributed by atoms with E-state index in [0.29, 0.717) is 0 Å². The van der Waals surface area contributed by atoms with Crippen LogP contribution in [0, 0.1) is 6.92 Å². The number of aryl methyl sites for hydroxylation is 2. The molecular formula is C18H17BrN6. The molecule has 0 saturated heterocycles. The number of hydrogen-bond acceptors (Lipinski definition) is 4. The van der Waals surface area contributed by atoms with Crippen LogP contribution in [0.15, 0.2) is 47.3 Å². The second-order valence-electron chi connectivity index (χ2n) is 6.06. The van der Waals surface area contributed by atoms with Crippen LogP contribution in [0.25, 0.3) is 22.3 Å². The summed E-state index contributed by atoms with van der Waals surface area (Å²) in [6.45, 7) is 4.08. The summed E-state index contributed by atoms with van der Waals surface area (Å²) in [5.41, 5.74) is 4.79. The van der Waals surface area contributed by atoms with Gasteiger partial charge in [0.15, 0.2) is 0 Å². The molecule has 1 atom stereocenters. The van der Waals surface area contributed by atoms with Crippen LogP contribution in [0.1, 0.15) is 24.4 Å².